The molecule has 0 aliphatic rings. The topological polar surface area (TPSA) is 84.5 Å². The normalized spacial score (nSPS) is 17.8. The summed E-state index contributed by atoms with van der Waals surface area (Å²) in [6.07, 6.45) is 11.0. The van der Waals surface area contributed by atoms with E-state index in [1.54, 1.807) is 6.92 Å². The van der Waals surface area contributed by atoms with Crippen molar-refractivity contribution in [2.75, 3.05) is 12.8 Å². The number of unbranched alkanes of at least 4 members (excludes halogenated alkanes) is 6. The summed E-state index contributed by atoms with van der Waals surface area (Å²) >= 11 is 0. The Kier molecular flexibility index (Phi) is 23.6. The van der Waals surface area contributed by atoms with E-state index in [1.807, 2.05) is 0 Å². The second-order valence-electron chi connectivity index (χ2n) is 22.2. The van der Waals surface area contributed by atoms with Crippen LogP contribution >= 0.6 is 0 Å². The monoisotopic (exact) mass is 868 g/mol. The summed E-state index contributed by atoms with van der Waals surface area (Å²) in [5.74, 6) is -0.0953. The largest absolute Gasteiger partial charge is 0.415 e. The minimum Gasteiger partial charge on any atom is -0.415 e. The quantitative estimate of drug-likeness (QED) is 0.0568. The van der Waals surface area contributed by atoms with Gasteiger partial charge < -0.3 is 32.2 Å². The van der Waals surface area contributed by atoms with Gasteiger partial charge in [0.05, 0.1) is 50.7 Å². The molecule has 1 N–H and O–H groups in total. The summed E-state index contributed by atoms with van der Waals surface area (Å²) in [5.41, 5.74) is -0.416. The molecule has 0 aliphatic heterocycles. The Morgan fingerprint density at radius 1 is 0.593 bits per heavy atom. The molecule has 0 saturated carbocycles. The lowest BCUT2D eigenvalue weighted by Crippen LogP contribution is -2.61. The third kappa shape index (κ3) is 28.0. The second-order valence-corrected chi connectivity index (χ2v) is 50.0. The molecule has 0 heterocycles. The van der Waals surface area contributed by atoms with Crippen LogP contribution in [0, 0.1) is 0 Å². The molecule has 8 nitrogen and oxygen atoms in total. The molecule has 0 fully saturated rings. The number of amides is 1. The zero-order valence-corrected chi connectivity index (χ0v) is 45.7. The van der Waals surface area contributed by atoms with Crippen LogP contribution in [0.25, 0.3) is 0 Å². The molecular formula is C40H93NO7Si6. The molecule has 14 heteroatoms. The van der Waals surface area contributed by atoms with Gasteiger partial charge in [-0.15, -0.1) is 0 Å². The Morgan fingerprint density at radius 2 is 1.06 bits per heavy atom. The molecule has 0 aliphatic carbocycles. The van der Waals surface area contributed by atoms with E-state index in [9.17, 15) is 4.79 Å². The zero-order chi connectivity index (χ0) is 42.4. The van der Waals surface area contributed by atoms with E-state index in [0.717, 1.165) is 31.9 Å². The van der Waals surface area contributed by atoms with Gasteiger partial charge in [0.2, 0.25) is 5.91 Å². The third-order valence-corrected chi connectivity index (χ3v) is 14.7. The third-order valence-electron chi connectivity index (χ3n) is 8.66. The highest BCUT2D eigenvalue weighted by atomic mass is 28.4. The lowest BCUT2D eigenvalue weighted by molar-refractivity contribution is -0.123. The minimum absolute atomic E-state index is 0.0846. The van der Waals surface area contributed by atoms with Crippen molar-refractivity contribution in [3.05, 3.63) is 0 Å². The molecule has 0 bridgehead atoms. The molecule has 0 radical (unpaired) electrons. The van der Waals surface area contributed by atoms with Crippen molar-refractivity contribution in [3.63, 3.8) is 0 Å². The molecule has 0 aromatic rings. The van der Waals surface area contributed by atoms with E-state index < -0.39 is 67.5 Å². The smallest absolute Gasteiger partial charge is 0.217 e. The Bertz CT molecular complexity index is 1040. The van der Waals surface area contributed by atoms with Crippen molar-refractivity contribution in [2.45, 2.75) is 239 Å². The fraction of sp³-hybridized carbons (Fsp3) is 0.975. The van der Waals surface area contributed by atoms with Gasteiger partial charge in [0.25, 0.3) is 0 Å². The van der Waals surface area contributed by atoms with Gasteiger partial charge in [-0.2, -0.15) is 0 Å². The maximum atomic E-state index is 12.8. The molecule has 1 amide bonds. The van der Waals surface area contributed by atoms with Crippen LogP contribution in [0.5, 0.6) is 0 Å². The van der Waals surface area contributed by atoms with Crippen molar-refractivity contribution < 1.29 is 31.7 Å². The molecule has 6 atom stereocenters. The highest BCUT2D eigenvalue weighted by molar-refractivity contribution is 6.76. The van der Waals surface area contributed by atoms with Crippen molar-refractivity contribution >= 4 is 55.6 Å². The summed E-state index contributed by atoms with van der Waals surface area (Å²) in [5, 5.41) is 3.27. The van der Waals surface area contributed by atoms with Crippen LogP contribution in [-0.4, -0.2) is 104 Å². The van der Waals surface area contributed by atoms with Crippen LogP contribution < -0.4 is 5.32 Å². The van der Waals surface area contributed by atoms with E-state index in [0.29, 0.717) is 6.61 Å². The summed E-state index contributed by atoms with van der Waals surface area (Å²) in [6.45, 7) is 47.3. The average Bonchev–Trinajstić information content (AvgIpc) is 2.94. The Hall–Kier alpha value is 0.531. The van der Waals surface area contributed by atoms with E-state index in [2.05, 4.69) is 137 Å². The molecule has 324 valence electrons. The second kappa shape index (κ2) is 23.4. The first-order chi connectivity index (χ1) is 24.2. The molecule has 54 heavy (non-hydrogen) atoms. The van der Waals surface area contributed by atoms with Gasteiger partial charge in [0.1, 0.15) is 0 Å². The predicted octanol–water partition coefficient (Wildman–Crippen LogP) is 11.8. The number of carbonyl (C=O) groups is 1. The van der Waals surface area contributed by atoms with Crippen LogP contribution in [0.2, 0.25) is 118 Å². The zero-order valence-electron chi connectivity index (χ0n) is 39.7. The fourth-order valence-corrected chi connectivity index (χ4v) is 12.5. The summed E-state index contributed by atoms with van der Waals surface area (Å²) < 4.78 is 42.5. The van der Waals surface area contributed by atoms with E-state index in [1.165, 1.54) is 38.5 Å². The first-order valence-electron chi connectivity index (χ1n) is 21.4. The van der Waals surface area contributed by atoms with Gasteiger partial charge in [-0.1, -0.05) is 71.5 Å². The molecule has 6 unspecified atom stereocenters. The lowest BCUT2D eigenvalue weighted by atomic mass is 9.87. The Morgan fingerprint density at radius 3 is 1.48 bits per heavy atom. The van der Waals surface area contributed by atoms with Gasteiger partial charge in [0.15, 0.2) is 41.6 Å². The highest BCUT2D eigenvalue weighted by Crippen LogP contribution is 2.35. The van der Waals surface area contributed by atoms with Crippen molar-refractivity contribution in [1.29, 1.82) is 0 Å². The van der Waals surface area contributed by atoms with Crippen LogP contribution in [0.1, 0.15) is 85.0 Å². The molecular weight excluding hydrogens is 775 g/mol. The van der Waals surface area contributed by atoms with E-state index in [-0.39, 0.29) is 24.2 Å². The standard InChI is InChI=1S/C40H93NO7Si6/c1-22-23-24-25-26-27-28-31-40(3,43-33-49(4,5)6)37(46-52(13,14)15)30-29-36(45-51(10,11)12)39(48-54(19,20)21)38(47-53(16,17)18)35(41-34(2)42)32-44-50(7,8)9/h35-39H,22-33H2,1-21H3,(H,41,42). The summed E-state index contributed by atoms with van der Waals surface area (Å²) in [4.78, 5) is 12.8. The Labute approximate surface area is 342 Å². The molecule has 0 spiro atoms. The fourth-order valence-electron chi connectivity index (χ4n) is 6.48. The van der Waals surface area contributed by atoms with Crippen LogP contribution in [-0.2, 0) is 31.7 Å². The lowest BCUT2D eigenvalue weighted by Gasteiger charge is -2.46. The van der Waals surface area contributed by atoms with Crippen LogP contribution in [0.3, 0.4) is 0 Å². The van der Waals surface area contributed by atoms with Crippen LogP contribution in [0.4, 0.5) is 0 Å². The minimum atomic E-state index is -2.16. The predicted molar refractivity (Wildman–Crippen MR) is 249 cm³/mol. The number of ether oxygens (including phenoxy) is 1. The van der Waals surface area contributed by atoms with E-state index >= 15 is 0 Å². The van der Waals surface area contributed by atoms with Gasteiger partial charge in [0, 0.05) is 13.2 Å². The highest BCUT2D eigenvalue weighted by Gasteiger charge is 2.46. The molecule has 0 aromatic heterocycles. The van der Waals surface area contributed by atoms with Crippen LogP contribution in [0.15, 0.2) is 0 Å². The molecule has 0 aromatic carbocycles. The maximum absolute atomic E-state index is 12.8. The van der Waals surface area contributed by atoms with Crippen molar-refractivity contribution in [1.82, 2.24) is 5.32 Å². The number of hydrogen-bond donors (Lipinski definition) is 1. The maximum Gasteiger partial charge on any atom is 0.217 e. The molecule has 0 rings (SSSR count). The number of carbonyl (C=O) groups excluding carboxylic acids is 1. The SMILES string of the molecule is CCCCCCCCCC(C)(OC[Si](C)(C)C)C(CCC(O[Si](C)(C)C)C(O[Si](C)(C)C)C(O[Si](C)(C)C)C(CO[Si](C)(C)C)NC(C)=O)O[Si](C)(C)C. The van der Waals surface area contributed by atoms with Gasteiger partial charge in [-0.05, 0) is 124 Å². The van der Waals surface area contributed by atoms with Crippen molar-refractivity contribution in [2.24, 2.45) is 0 Å². The average molecular weight is 869 g/mol. The summed E-state index contributed by atoms with van der Waals surface area (Å²) in [6, 6.07) is -0.383. The Balaban J connectivity index is 7.24. The van der Waals surface area contributed by atoms with Gasteiger partial charge in [-0.3, -0.25) is 4.79 Å². The first kappa shape index (κ1) is 54.5. The van der Waals surface area contributed by atoms with Gasteiger partial charge >= 0.3 is 0 Å². The first-order valence-corrected chi connectivity index (χ1v) is 42.2. The van der Waals surface area contributed by atoms with Gasteiger partial charge in [-0.25, -0.2) is 0 Å². The number of rotatable bonds is 30. The summed E-state index contributed by atoms with van der Waals surface area (Å²) in [7, 11) is -11.8. The molecule has 0 saturated heterocycles. The van der Waals surface area contributed by atoms with E-state index in [4.69, 9.17) is 26.9 Å². The number of hydrogen-bond acceptors (Lipinski definition) is 7. The van der Waals surface area contributed by atoms with Crippen molar-refractivity contribution in [3.8, 4) is 0 Å². The number of nitrogens with one attached hydrogen (secondary N) is 1.